The van der Waals surface area contributed by atoms with Crippen molar-refractivity contribution in [2.45, 2.75) is 44.2 Å². The second-order valence-corrected chi connectivity index (χ2v) is 9.96. The maximum Gasteiger partial charge on any atom is 0.243 e. The number of hydrogen-bond donors (Lipinski definition) is 1. The lowest BCUT2D eigenvalue weighted by molar-refractivity contribution is -0.123. The highest BCUT2D eigenvalue weighted by Gasteiger charge is 2.27. The third kappa shape index (κ3) is 4.52. The van der Waals surface area contributed by atoms with Crippen LogP contribution in [0.4, 0.5) is 0 Å². The number of hydrogen-bond acceptors (Lipinski definition) is 4. The summed E-state index contributed by atoms with van der Waals surface area (Å²) in [6.45, 7) is 5.96. The minimum atomic E-state index is -3.47. The zero-order valence-electron chi connectivity index (χ0n) is 18.5. The van der Waals surface area contributed by atoms with E-state index in [2.05, 4.69) is 5.32 Å². The Morgan fingerprint density at radius 3 is 2.50 bits per heavy atom. The average Bonchev–Trinajstić information content (AvgIpc) is 3.48. The van der Waals surface area contributed by atoms with Gasteiger partial charge in [0.1, 0.15) is 11.8 Å². The first-order valence-corrected chi connectivity index (χ1v) is 12.4. The number of carbonyl (C=O) groups excluding carboxylic acids is 1. The fourth-order valence-corrected chi connectivity index (χ4v) is 5.60. The van der Waals surface area contributed by atoms with Crippen LogP contribution in [0, 0.1) is 0 Å². The molecule has 1 N–H and O–H groups in total. The van der Waals surface area contributed by atoms with Gasteiger partial charge in [-0.25, -0.2) is 8.42 Å². The van der Waals surface area contributed by atoms with E-state index in [0.29, 0.717) is 31.1 Å². The number of aromatic nitrogens is 1. The second-order valence-electron chi connectivity index (χ2n) is 8.03. The van der Waals surface area contributed by atoms with Crippen LogP contribution in [0.25, 0.3) is 10.9 Å². The molecular formula is C24H29N3O4S. The molecule has 0 bridgehead atoms. The smallest absolute Gasteiger partial charge is 0.243 e. The molecule has 3 aromatic rings. The molecule has 32 heavy (non-hydrogen) atoms. The first kappa shape index (κ1) is 22.4. The van der Waals surface area contributed by atoms with Crippen LogP contribution in [-0.2, 0) is 21.4 Å². The van der Waals surface area contributed by atoms with E-state index >= 15 is 0 Å². The van der Waals surface area contributed by atoms with Crippen LogP contribution >= 0.6 is 0 Å². The van der Waals surface area contributed by atoms with Crippen LogP contribution in [-0.4, -0.2) is 42.9 Å². The van der Waals surface area contributed by atoms with Gasteiger partial charge in [-0.3, -0.25) is 4.79 Å². The molecule has 0 saturated carbocycles. The van der Waals surface area contributed by atoms with Gasteiger partial charge in [-0.15, -0.1) is 0 Å². The van der Waals surface area contributed by atoms with Crippen molar-refractivity contribution in [1.29, 1.82) is 0 Å². The molecule has 0 aliphatic carbocycles. The molecule has 7 nitrogen and oxygen atoms in total. The molecule has 2 heterocycles. The van der Waals surface area contributed by atoms with Crippen molar-refractivity contribution in [3.05, 3.63) is 60.3 Å². The average molecular weight is 456 g/mol. The molecule has 1 aliphatic heterocycles. The van der Waals surface area contributed by atoms with E-state index in [9.17, 15) is 13.2 Å². The topological polar surface area (TPSA) is 80.6 Å². The molecule has 1 saturated heterocycles. The van der Waals surface area contributed by atoms with Crippen molar-refractivity contribution in [3.8, 4) is 5.75 Å². The van der Waals surface area contributed by atoms with Gasteiger partial charge < -0.3 is 14.6 Å². The summed E-state index contributed by atoms with van der Waals surface area (Å²) < 4.78 is 34.6. The Balaban J connectivity index is 1.46. The molecular weight excluding hydrogens is 426 g/mol. The van der Waals surface area contributed by atoms with Crippen LogP contribution in [0.2, 0.25) is 0 Å². The van der Waals surface area contributed by atoms with E-state index < -0.39 is 16.1 Å². The van der Waals surface area contributed by atoms with Gasteiger partial charge in [-0.05, 0) is 68.7 Å². The monoisotopic (exact) mass is 455 g/mol. The van der Waals surface area contributed by atoms with Gasteiger partial charge in [0.25, 0.3) is 0 Å². The lowest BCUT2D eigenvalue weighted by Crippen LogP contribution is -2.30. The molecule has 1 aliphatic rings. The lowest BCUT2D eigenvalue weighted by atomic mass is 10.2. The van der Waals surface area contributed by atoms with Crippen molar-refractivity contribution in [3.63, 3.8) is 0 Å². The third-order valence-corrected chi connectivity index (χ3v) is 7.79. The fraction of sp³-hybridized carbons (Fsp3) is 0.375. The molecule has 0 radical (unpaired) electrons. The summed E-state index contributed by atoms with van der Waals surface area (Å²) in [7, 11) is -3.47. The third-order valence-electron chi connectivity index (χ3n) is 5.89. The molecule has 170 valence electrons. The number of nitrogens with zero attached hydrogens (tertiary/aromatic N) is 2. The van der Waals surface area contributed by atoms with Crippen LogP contribution in [0.1, 0.15) is 38.3 Å². The fourth-order valence-electron chi connectivity index (χ4n) is 4.05. The van der Waals surface area contributed by atoms with E-state index in [-0.39, 0.29) is 5.91 Å². The van der Waals surface area contributed by atoms with Crippen LogP contribution < -0.4 is 10.1 Å². The lowest BCUT2D eigenvalue weighted by Gasteiger charge is -2.17. The Morgan fingerprint density at radius 1 is 1.09 bits per heavy atom. The maximum atomic E-state index is 12.9. The van der Waals surface area contributed by atoms with E-state index in [1.165, 1.54) is 0 Å². The second kappa shape index (κ2) is 9.34. The Bertz CT molecular complexity index is 1200. The van der Waals surface area contributed by atoms with Crippen LogP contribution in [0.3, 0.4) is 0 Å². The number of benzene rings is 2. The molecule has 4 rings (SSSR count). The molecule has 1 amide bonds. The molecule has 8 heteroatoms. The predicted octanol–water partition coefficient (Wildman–Crippen LogP) is 3.70. The van der Waals surface area contributed by atoms with Crippen molar-refractivity contribution in [2.75, 3.05) is 19.7 Å². The quantitative estimate of drug-likeness (QED) is 0.562. The number of carbonyl (C=O) groups is 1. The standard InChI is InChI=1S/C24H29N3O4S/c1-3-31-21-8-6-19(7-9-21)17-25-24(28)18(2)27-15-12-20-16-22(10-11-23(20)27)32(29,30)26-13-4-5-14-26/h6-12,15-16,18H,3-5,13-14,17H2,1-2H3,(H,25,28)/t18-/m1/s1. The molecule has 1 fully saturated rings. The number of amides is 1. The first-order valence-electron chi connectivity index (χ1n) is 11.0. The van der Waals surface area contributed by atoms with Gasteiger partial charge in [0.15, 0.2) is 0 Å². The van der Waals surface area contributed by atoms with Gasteiger partial charge in [0, 0.05) is 36.7 Å². The SMILES string of the molecule is CCOc1ccc(CNC(=O)[C@@H](C)n2ccc3cc(S(=O)(=O)N4CCCC4)ccc32)cc1. The highest BCUT2D eigenvalue weighted by Crippen LogP contribution is 2.27. The number of fused-ring (bicyclic) bond motifs is 1. The number of nitrogens with one attached hydrogen (secondary N) is 1. The zero-order valence-corrected chi connectivity index (χ0v) is 19.3. The first-order chi connectivity index (χ1) is 15.4. The van der Waals surface area contributed by atoms with Gasteiger partial charge in [0.05, 0.1) is 11.5 Å². The van der Waals surface area contributed by atoms with Crippen molar-refractivity contribution >= 4 is 26.8 Å². The Hall–Kier alpha value is -2.84. The molecule has 2 aromatic carbocycles. The molecule has 0 spiro atoms. The summed E-state index contributed by atoms with van der Waals surface area (Å²) in [4.78, 5) is 13.1. The van der Waals surface area contributed by atoms with Gasteiger partial charge in [0.2, 0.25) is 15.9 Å². The summed E-state index contributed by atoms with van der Waals surface area (Å²) in [6.07, 6.45) is 3.64. The van der Waals surface area contributed by atoms with Gasteiger partial charge in [-0.1, -0.05) is 12.1 Å². The summed E-state index contributed by atoms with van der Waals surface area (Å²) in [5, 5.41) is 3.78. The number of rotatable bonds is 8. The van der Waals surface area contributed by atoms with E-state index in [0.717, 1.165) is 35.1 Å². The number of ether oxygens (including phenoxy) is 1. The summed E-state index contributed by atoms with van der Waals surface area (Å²) in [5.74, 6) is 0.700. The normalized spacial score (nSPS) is 15.7. The highest BCUT2D eigenvalue weighted by molar-refractivity contribution is 7.89. The summed E-state index contributed by atoms with van der Waals surface area (Å²) in [6, 6.07) is 14.2. The maximum absolute atomic E-state index is 12.9. The molecule has 1 aromatic heterocycles. The summed E-state index contributed by atoms with van der Waals surface area (Å²) in [5.41, 5.74) is 1.82. The Morgan fingerprint density at radius 2 is 1.81 bits per heavy atom. The van der Waals surface area contributed by atoms with E-state index in [1.54, 1.807) is 22.5 Å². The van der Waals surface area contributed by atoms with E-state index in [4.69, 9.17) is 4.74 Å². The van der Waals surface area contributed by atoms with Crippen LogP contribution in [0.15, 0.2) is 59.6 Å². The Kier molecular flexibility index (Phi) is 6.53. The van der Waals surface area contributed by atoms with Crippen molar-refractivity contribution in [1.82, 2.24) is 14.2 Å². The van der Waals surface area contributed by atoms with Crippen molar-refractivity contribution < 1.29 is 17.9 Å². The highest BCUT2D eigenvalue weighted by atomic mass is 32.2. The zero-order chi connectivity index (χ0) is 22.7. The molecule has 1 atom stereocenters. The van der Waals surface area contributed by atoms with Gasteiger partial charge >= 0.3 is 0 Å². The summed E-state index contributed by atoms with van der Waals surface area (Å²) >= 11 is 0. The largest absolute Gasteiger partial charge is 0.494 e. The number of sulfonamides is 1. The van der Waals surface area contributed by atoms with Crippen molar-refractivity contribution in [2.24, 2.45) is 0 Å². The minimum absolute atomic E-state index is 0.106. The predicted molar refractivity (Wildman–Crippen MR) is 124 cm³/mol. The van der Waals surface area contributed by atoms with Crippen LogP contribution in [0.5, 0.6) is 5.75 Å². The molecule has 0 unspecified atom stereocenters. The van der Waals surface area contributed by atoms with Gasteiger partial charge in [-0.2, -0.15) is 4.31 Å². The minimum Gasteiger partial charge on any atom is -0.494 e. The van der Waals surface area contributed by atoms with E-state index in [1.807, 2.05) is 54.9 Å². The Labute approximate surface area is 189 Å².